The van der Waals surface area contributed by atoms with Gasteiger partial charge in [0.15, 0.2) is 0 Å². The van der Waals surface area contributed by atoms with Gasteiger partial charge in [0.05, 0.1) is 21.9 Å². The first-order valence-corrected chi connectivity index (χ1v) is 15.8. The minimum atomic E-state index is -4.22. The molecule has 2 atom stereocenters. The zero-order valence-corrected chi connectivity index (χ0v) is 23.9. The third-order valence-electron chi connectivity index (χ3n) is 7.21. The van der Waals surface area contributed by atoms with Gasteiger partial charge >= 0.3 is 6.98 Å². The lowest BCUT2D eigenvalue weighted by Gasteiger charge is -2.30. The summed E-state index contributed by atoms with van der Waals surface area (Å²) in [6.45, 7) is 2.58. The van der Waals surface area contributed by atoms with Gasteiger partial charge in [-0.1, -0.05) is 96.1 Å². The highest BCUT2D eigenvalue weighted by atomic mass is 32.2. The zero-order valence-electron chi connectivity index (χ0n) is 22.3. The van der Waals surface area contributed by atoms with Crippen molar-refractivity contribution < 1.29 is 16.8 Å². The van der Waals surface area contributed by atoms with Crippen LogP contribution in [-0.2, 0) is 20.0 Å². The van der Waals surface area contributed by atoms with Crippen molar-refractivity contribution in [1.29, 1.82) is 0 Å². The molecule has 6 nitrogen and oxygen atoms in total. The van der Waals surface area contributed by atoms with Gasteiger partial charge in [-0.3, -0.25) is 0 Å². The predicted octanol–water partition coefficient (Wildman–Crippen LogP) is 5.60. The highest BCUT2D eigenvalue weighted by molar-refractivity contribution is 7.92. The molecular weight excluding hydrogens is 539 g/mol. The molecule has 0 aromatic heterocycles. The maximum absolute atomic E-state index is 14.5. The van der Waals surface area contributed by atoms with Gasteiger partial charge in [-0.25, -0.2) is 25.3 Å². The van der Waals surface area contributed by atoms with Crippen LogP contribution in [-0.4, -0.2) is 32.3 Å². The average Bonchev–Trinajstić information content (AvgIpc) is 3.31. The number of nitrogens with zero attached hydrogens (tertiary/aromatic N) is 2. The molecular formula is C31H29BN2O4S2. The third kappa shape index (κ3) is 5.00. The molecule has 0 N–H and O–H groups in total. The number of aryl methyl sites for hydroxylation is 2. The lowest BCUT2D eigenvalue weighted by Crippen LogP contribution is -2.49. The molecule has 1 heterocycles. The molecule has 0 unspecified atom stereocenters. The fraction of sp³-hybridized carbons (Fsp3) is 0.161. The minimum absolute atomic E-state index is 0.0717. The lowest BCUT2D eigenvalue weighted by atomic mass is 9.74. The van der Waals surface area contributed by atoms with Crippen molar-refractivity contribution >= 4 is 27.0 Å². The molecule has 0 saturated carbocycles. The van der Waals surface area contributed by atoms with Crippen molar-refractivity contribution in [2.45, 2.75) is 42.0 Å². The maximum atomic E-state index is 14.5. The van der Waals surface area contributed by atoms with Crippen molar-refractivity contribution in [2.24, 2.45) is 0 Å². The first kappa shape index (κ1) is 27.9. The van der Waals surface area contributed by atoms with Crippen molar-refractivity contribution in [3.05, 3.63) is 131 Å². The smallest absolute Gasteiger partial charge is 0.210 e. The number of hydrogen-bond acceptors (Lipinski definition) is 4. The number of sulfonamides is 2. The third-order valence-corrected chi connectivity index (χ3v) is 11.0. The summed E-state index contributed by atoms with van der Waals surface area (Å²) >= 11 is 0. The van der Waals surface area contributed by atoms with Crippen LogP contribution in [0, 0.1) is 26.2 Å². The van der Waals surface area contributed by atoms with Crippen LogP contribution >= 0.6 is 0 Å². The molecule has 1 aliphatic heterocycles. The molecule has 0 radical (unpaired) electrons. The molecule has 1 fully saturated rings. The maximum Gasteiger partial charge on any atom is 0.354 e. The second-order valence-electron chi connectivity index (χ2n) is 9.90. The summed E-state index contributed by atoms with van der Waals surface area (Å²) in [5, 5.41) is 0. The summed E-state index contributed by atoms with van der Waals surface area (Å²) in [5.41, 5.74) is 3.14. The molecule has 4 aromatic carbocycles. The molecule has 0 bridgehead atoms. The molecule has 40 heavy (non-hydrogen) atoms. The molecule has 0 amide bonds. The Balaban J connectivity index is 1.83. The number of rotatable bonds is 7. The van der Waals surface area contributed by atoms with Crippen LogP contribution in [0.4, 0.5) is 0 Å². The van der Waals surface area contributed by atoms with Gasteiger partial charge < -0.3 is 0 Å². The topological polar surface area (TPSA) is 74.8 Å². The van der Waals surface area contributed by atoms with Crippen LogP contribution in [0.2, 0.25) is 6.32 Å². The summed E-state index contributed by atoms with van der Waals surface area (Å²) < 4.78 is 60.5. The van der Waals surface area contributed by atoms with Crippen LogP contribution in [0.1, 0.15) is 34.3 Å². The summed E-state index contributed by atoms with van der Waals surface area (Å²) in [4.78, 5) is 0.143. The van der Waals surface area contributed by atoms with Gasteiger partial charge in [-0.2, -0.15) is 0 Å². The lowest BCUT2D eigenvalue weighted by molar-refractivity contribution is 0.377. The standard InChI is InChI=1S/C31H29BN2O4S2/c1-4-23-32-33(39(35,36)28-19-15-24(2)16-20-28)30(26-11-7-5-8-12-26)31(27-13-9-6-10-14-27)34(32)40(37,38)29-21-17-25(3)18-22-29/h1,5-22,30-31H,23H2,2-3H3/t30-,31-/m1/s1. The predicted molar refractivity (Wildman–Crippen MR) is 158 cm³/mol. The summed E-state index contributed by atoms with van der Waals surface area (Å²) in [5.74, 6) is 2.57. The van der Waals surface area contributed by atoms with Crippen molar-refractivity contribution in [2.75, 3.05) is 0 Å². The SMILES string of the molecule is C#CCB1N(S(=O)(=O)c2ccc(C)cc2)[C@H](c2ccccc2)[C@@H](c2ccccc2)N1S(=O)(=O)c1ccc(C)cc1. The molecule has 202 valence electrons. The molecule has 9 heteroatoms. The Kier molecular flexibility index (Phi) is 7.71. The van der Waals surface area contributed by atoms with E-state index in [9.17, 15) is 16.8 Å². The van der Waals surface area contributed by atoms with Gasteiger partial charge in [0.2, 0.25) is 20.0 Å². The highest BCUT2D eigenvalue weighted by Gasteiger charge is 2.59. The van der Waals surface area contributed by atoms with Gasteiger partial charge in [0, 0.05) is 6.32 Å². The quantitative estimate of drug-likeness (QED) is 0.215. The first-order chi connectivity index (χ1) is 19.2. The van der Waals surface area contributed by atoms with E-state index >= 15 is 0 Å². The van der Waals surface area contributed by atoms with E-state index in [1.54, 1.807) is 48.5 Å². The summed E-state index contributed by atoms with van der Waals surface area (Å²) in [6, 6.07) is 29.6. The molecule has 4 aromatic rings. The van der Waals surface area contributed by atoms with Crippen LogP contribution in [0.5, 0.6) is 0 Å². The second-order valence-corrected chi connectivity index (χ2v) is 13.6. The van der Waals surface area contributed by atoms with Crippen molar-refractivity contribution in [1.82, 2.24) is 8.43 Å². The average molecular weight is 569 g/mol. The number of benzene rings is 4. The van der Waals surface area contributed by atoms with Crippen LogP contribution < -0.4 is 0 Å². The monoisotopic (exact) mass is 568 g/mol. The molecule has 0 aliphatic carbocycles. The van der Waals surface area contributed by atoms with E-state index in [1.165, 1.54) is 8.43 Å². The largest absolute Gasteiger partial charge is 0.354 e. The van der Waals surface area contributed by atoms with E-state index in [2.05, 4.69) is 5.92 Å². The number of terminal acetylenes is 1. The fourth-order valence-electron chi connectivity index (χ4n) is 5.29. The normalized spacial score (nSPS) is 18.5. The molecule has 0 spiro atoms. The Morgan fingerprint density at radius 1 is 0.625 bits per heavy atom. The van der Waals surface area contributed by atoms with Crippen LogP contribution in [0.25, 0.3) is 0 Å². The summed E-state index contributed by atoms with van der Waals surface area (Å²) in [7, 11) is -8.43. The molecule has 5 rings (SSSR count). The van der Waals surface area contributed by atoms with Gasteiger partial charge in [-0.05, 0) is 49.2 Å². The van der Waals surface area contributed by atoms with Crippen molar-refractivity contribution in [3.8, 4) is 12.3 Å². The van der Waals surface area contributed by atoms with E-state index in [4.69, 9.17) is 6.42 Å². The van der Waals surface area contributed by atoms with Crippen LogP contribution in [0.3, 0.4) is 0 Å². The van der Waals surface area contributed by atoms with Crippen LogP contribution in [0.15, 0.2) is 119 Å². The number of hydrogen-bond donors (Lipinski definition) is 0. The van der Waals surface area contributed by atoms with Crippen molar-refractivity contribution in [3.63, 3.8) is 0 Å². The van der Waals surface area contributed by atoms with E-state index in [0.717, 1.165) is 11.1 Å². The molecule has 1 saturated heterocycles. The van der Waals surface area contributed by atoms with Gasteiger partial charge in [0.1, 0.15) is 0 Å². The highest BCUT2D eigenvalue weighted by Crippen LogP contribution is 2.51. The van der Waals surface area contributed by atoms with E-state index < -0.39 is 39.1 Å². The Bertz CT molecular complexity index is 1610. The Morgan fingerprint density at radius 2 is 0.975 bits per heavy atom. The van der Waals surface area contributed by atoms with Gasteiger partial charge in [0.25, 0.3) is 0 Å². The van der Waals surface area contributed by atoms with E-state index in [1.807, 2.05) is 74.5 Å². The Morgan fingerprint density at radius 3 is 1.30 bits per heavy atom. The zero-order chi connectivity index (χ0) is 28.5. The van der Waals surface area contributed by atoms with Gasteiger partial charge in [-0.15, -0.1) is 12.3 Å². The minimum Gasteiger partial charge on any atom is -0.210 e. The van der Waals surface area contributed by atoms with E-state index in [-0.39, 0.29) is 16.1 Å². The first-order valence-electron chi connectivity index (χ1n) is 12.9. The second kappa shape index (κ2) is 11.1. The Labute approximate surface area is 237 Å². The Hall–Kier alpha value is -3.68. The van der Waals surface area contributed by atoms with E-state index in [0.29, 0.717) is 11.1 Å². The summed E-state index contributed by atoms with van der Waals surface area (Å²) in [6.07, 6.45) is 5.68. The molecule has 1 aliphatic rings. The fourth-order valence-corrected chi connectivity index (χ4v) is 8.86.